The van der Waals surface area contributed by atoms with Gasteiger partial charge in [0.1, 0.15) is 11.3 Å². The normalized spacial score (nSPS) is 15.2. The van der Waals surface area contributed by atoms with Gasteiger partial charge in [0, 0.05) is 69.2 Å². The second-order valence-corrected chi connectivity index (χ2v) is 13.8. The third-order valence-corrected chi connectivity index (χ3v) is 10.3. The van der Waals surface area contributed by atoms with Crippen LogP contribution in [0.2, 0.25) is 0 Å². The maximum atomic E-state index is 14.9. The lowest BCUT2D eigenvalue weighted by molar-refractivity contribution is -0.384. The average Bonchev–Trinajstić information content (AvgIpc) is 3.22. The molecule has 13 nitrogen and oxygen atoms in total. The van der Waals surface area contributed by atoms with Crippen molar-refractivity contribution < 1.29 is 60.2 Å². The largest absolute Gasteiger partial charge is 0.493 e. The van der Waals surface area contributed by atoms with E-state index in [2.05, 4.69) is 5.32 Å². The number of carboxylic acid groups (broad SMARTS) is 1. The first-order chi connectivity index (χ1) is 28.0. The van der Waals surface area contributed by atoms with Gasteiger partial charge in [0.2, 0.25) is 0 Å². The molecule has 59 heavy (non-hydrogen) atoms. The summed E-state index contributed by atoms with van der Waals surface area (Å²) in [6, 6.07) is 15.4. The minimum Gasteiger partial charge on any atom is -0.493 e. The summed E-state index contributed by atoms with van der Waals surface area (Å²) in [6.07, 6.45) is -9.10. The molecule has 4 aromatic rings. The van der Waals surface area contributed by atoms with Gasteiger partial charge >= 0.3 is 24.3 Å². The highest BCUT2D eigenvalue weighted by Gasteiger charge is 2.38. The molecule has 0 spiro atoms. The van der Waals surface area contributed by atoms with Crippen LogP contribution < -0.4 is 29.5 Å². The van der Waals surface area contributed by atoms with Gasteiger partial charge < -0.3 is 39.3 Å². The molecule has 0 bridgehead atoms. The zero-order valence-electron chi connectivity index (χ0n) is 31.7. The van der Waals surface area contributed by atoms with E-state index in [0.717, 1.165) is 37.4 Å². The number of nitrogens with zero attached hydrogens (tertiary/aromatic N) is 4. The molecule has 0 atom stereocenters. The van der Waals surface area contributed by atoms with E-state index in [1.165, 1.54) is 30.2 Å². The number of alkyl halides is 6. The summed E-state index contributed by atoms with van der Waals surface area (Å²) in [5.41, 5.74) is -1.45. The van der Waals surface area contributed by atoms with Gasteiger partial charge in [0.05, 0.1) is 53.2 Å². The molecule has 0 aliphatic carbocycles. The van der Waals surface area contributed by atoms with E-state index in [1.807, 2.05) is 4.90 Å². The molecule has 0 amide bonds. The Balaban J connectivity index is 1.37. The molecule has 2 saturated heterocycles. The molecule has 2 aliphatic rings. The van der Waals surface area contributed by atoms with Crippen LogP contribution in [0, 0.1) is 16.0 Å². The molecule has 314 valence electrons. The molecular formula is C40H39F6N5O8. The molecule has 6 rings (SSSR count). The molecule has 2 fully saturated rings. The maximum Gasteiger partial charge on any atom is 0.418 e. The summed E-state index contributed by atoms with van der Waals surface area (Å²) in [5.74, 6) is -2.55. The Morgan fingerprint density at radius 2 is 1.47 bits per heavy atom. The van der Waals surface area contributed by atoms with E-state index in [0.29, 0.717) is 16.9 Å². The smallest absolute Gasteiger partial charge is 0.418 e. The summed E-state index contributed by atoms with van der Waals surface area (Å²) in [6.45, 7) is 0.901. The number of esters is 1. The topological polar surface area (TPSA) is 147 Å². The number of piperazine rings is 1. The van der Waals surface area contributed by atoms with Crippen molar-refractivity contribution in [3.63, 3.8) is 0 Å². The third kappa shape index (κ3) is 9.50. The van der Waals surface area contributed by atoms with E-state index in [4.69, 9.17) is 14.2 Å². The number of carboxylic acids is 1. The number of ether oxygens (including phenoxy) is 3. The van der Waals surface area contributed by atoms with E-state index < -0.39 is 51.9 Å². The molecule has 4 aromatic carbocycles. The van der Waals surface area contributed by atoms with Crippen LogP contribution >= 0.6 is 0 Å². The number of nitrogens with one attached hydrogen (secondary N) is 1. The lowest BCUT2D eigenvalue weighted by atomic mass is 9.95. The zero-order valence-corrected chi connectivity index (χ0v) is 31.7. The second kappa shape index (κ2) is 17.2. The van der Waals surface area contributed by atoms with Crippen molar-refractivity contribution >= 4 is 40.4 Å². The highest BCUT2D eigenvalue weighted by Crippen LogP contribution is 2.45. The summed E-state index contributed by atoms with van der Waals surface area (Å²) in [4.78, 5) is 40.2. The van der Waals surface area contributed by atoms with Crippen LogP contribution in [0.1, 0.15) is 39.9 Å². The lowest BCUT2D eigenvalue weighted by Gasteiger charge is -2.40. The predicted molar refractivity (Wildman–Crippen MR) is 205 cm³/mol. The Morgan fingerprint density at radius 3 is 2.08 bits per heavy atom. The first kappa shape index (κ1) is 42.2. The summed E-state index contributed by atoms with van der Waals surface area (Å²) >= 11 is 0. The fourth-order valence-corrected chi connectivity index (χ4v) is 7.19. The van der Waals surface area contributed by atoms with Gasteiger partial charge in [0.25, 0.3) is 5.69 Å². The number of non-ortho nitro benzene ring substituents is 1. The van der Waals surface area contributed by atoms with E-state index >= 15 is 0 Å². The van der Waals surface area contributed by atoms with Gasteiger partial charge in [-0.05, 0) is 55.3 Å². The maximum absolute atomic E-state index is 14.9. The Bertz CT molecular complexity index is 2200. The number of aliphatic carboxylic acids is 1. The number of anilines is 4. The molecule has 2 aliphatic heterocycles. The lowest BCUT2D eigenvalue weighted by Crippen LogP contribution is -2.47. The standard InChI is InChI=1S/C40H39F6N5O8/c1-57-35-8-3-5-25(36(35)59-34-10-9-28(51(55)56)20-29(34)38(54)58-2)23-47-31-21-30(40(44,45)46)32(49-13-11-24(12-14-49)37(52)53)22-33(31)50-17-15-48(16-18-50)27-7-4-6-26(19-27)39(41,42)43/h3-10,19-22,24,47H,11-18,23H2,1-2H3,(H,52,53). The molecule has 0 unspecified atom stereocenters. The van der Waals surface area contributed by atoms with Gasteiger partial charge in [-0.25, -0.2) is 4.79 Å². The van der Waals surface area contributed by atoms with Crippen molar-refractivity contribution in [2.24, 2.45) is 5.92 Å². The van der Waals surface area contributed by atoms with Crippen molar-refractivity contribution in [1.82, 2.24) is 0 Å². The Labute approximate surface area is 333 Å². The van der Waals surface area contributed by atoms with Crippen LogP contribution in [-0.4, -0.2) is 75.5 Å². The van der Waals surface area contributed by atoms with E-state index in [1.54, 1.807) is 29.2 Å². The number of methoxy groups -OCH3 is 2. The van der Waals surface area contributed by atoms with Gasteiger partial charge in [0.15, 0.2) is 11.5 Å². The summed E-state index contributed by atoms with van der Waals surface area (Å²) in [5, 5.41) is 24.1. The third-order valence-electron chi connectivity index (χ3n) is 10.3. The van der Waals surface area contributed by atoms with Crippen LogP contribution in [0.3, 0.4) is 0 Å². The van der Waals surface area contributed by atoms with E-state index in [9.17, 15) is 51.2 Å². The van der Waals surface area contributed by atoms with Crippen molar-refractivity contribution in [2.75, 3.05) is 73.5 Å². The summed E-state index contributed by atoms with van der Waals surface area (Å²) in [7, 11) is 2.44. The number of para-hydroxylation sites is 1. The first-order valence-corrected chi connectivity index (χ1v) is 18.3. The number of nitro benzene ring substituents is 1. The Hall–Kier alpha value is -6.40. The minimum atomic E-state index is -4.83. The second-order valence-electron chi connectivity index (χ2n) is 13.8. The molecule has 0 radical (unpaired) electrons. The minimum absolute atomic E-state index is 0.0479. The molecule has 0 saturated carbocycles. The predicted octanol–water partition coefficient (Wildman–Crippen LogP) is 8.46. The van der Waals surface area contributed by atoms with E-state index in [-0.39, 0.29) is 92.8 Å². The number of rotatable bonds is 12. The molecule has 0 aromatic heterocycles. The number of hydrogen-bond acceptors (Lipinski definition) is 11. The number of halogens is 6. The fraction of sp³-hybridized carbons (Fsp3) is 0.350. The number of carbonyl (C=O) groups is 2. The van der Waals surface area contributed by atoms with Crippen LogP contribution in [-0.2, 0) is 28.4 Å². The number of hydrogen-bond donors (Lipinski definition) is 2. The molecule has 2 N–H and O–H groups in total. The fourth-order valence-electron chi connectivity index (χ4n) is 7.19. The summed E-state index contributed by atoms with van der Waals surface area (Å²) < 4.78 is 102. The van der Waals surface area contributed by atoms with Crippen LogP contribution in [0.25, 0.3) is 0 Å². The number of nitro groups is 1. The Morgan fingerprint density at radius 1 is 0.814 bits per heavy atom. The van der Waals surface area contributed by atoms with Gasteiger partial charge in [-0.2, -0.15) is 26.3 Å². The molecule has 2 heterocycles. The number of carbonyl (C=O) groups excluding carboxylic acids is 1. The van der Waals surface area contributed by atoms with Gasteiger partial charge in [-0.15, -0.1) is 0 Å². The number of benzene rings is 4. The SMILES string of the molecule is COC(=O)c1cc([N+](=O)[O-])ccc1Oc1c(CNc2cc(C(F)(F)F)c(N3CCC(C(=O)O)CC3)cc2N2CCN(c3cccc(C(F)(F)F)c3)CC2)cccc1OC. The van der Waals surface area contributed by atoms with Crippen molar-refractivity contribution in [3.8, 4) is 17.2 Å². The highest BCUT2D eigenvalue weighted by atomic mass is 19.4. The monoisotopic (exact) mass is 831 g/mol. The van der Waals surface area contributed by atoms with Gasteiger partial charge in [-0.3, -0.25) is 14.9 Å². The van der Waals surface area contributed by atoms with Crippen molar-refractivity contribution in [2.45, 2.75) is 31.7 Å². The molecular weight excluding hydrogens is 792 g/mol. The van der Waals surface area contributed by atoms with Crippen LogP contribution in [0.15, 0.2) is 72.8 Å². The highest BCUT2D eigenvalue weighted by molar-refractivity contribution is 5.93. The van der Waals surface area contributed by atoms with Crippen LogP contribution in [0.4, 0.5) is 54.8 Å². The number of piperidine rings is 1. The zero-order chi connectivity index (χ0) is 42.6. The molecule has 19 heteroatoms. The average molecular weight is 832 g/mol. The van der Waals surface area contributed by atoms with Crippen molar-refractivity contribution in [3.05, 3.63) is 105 Å². The van der Waals surface area contributed by atoms with Crippen LogP contribution in [0.5, 0.6) is 17.2 Å². The first-order valence-electron chi connectivity index (χ1n) is 18.3. The van der Waals surface area contributed by atoms with Crippen molar-refractivity contribution in [1.29, 1.82) is 0 Å². The Kier molecular flexibility index (Phi) is 12.3. The quantitative estimate of drug-likeness (QED) is 0.0611. The van der Waals surface area contributed by atoms with Gasteiger partial charge in [-0.1, -0.05) is 18.2 Å².